The zero-order chi connectivity index (χ0) is 15.3. The molecule has 1 aromatic rings. The first-order chi connectivity index (χ1) is 9.19. The van der Waals surface area contributed by atoms with Crippen molar-refractivity contribution >= 4 is 18.5 Å². The molecule has 6 heteroatoms. The van der Waals surface area contributed by atoms with Gasteiger partial charge in [0.25, 0.3) is 0 Å². The summed E-state index contributed by atoms with van der Waals surface area (Å²) >= 11 is 0. The zero-order valence-corrected chi connectivity index (χ0v) is 11.4. The number of allylic oxidation sites excluding steroid dienone is 1. The number of carbonyl (C=O) groups is 2. The SMILES string of the molecule is CC(C)(C)OC(=O)N/C(C=O)=C/c1cc(F)cc(F)c1. The van der Waals surface area contributed by atoms with Crippen molar-refractivity contribution in [2.75, 3.05) is 0 Å². The van der Waals surface area contributed by atoms with Gasteiger partial charge in [0.05, 0.1) is 5.70 Å². The molecule has 0 atom stereocenters. The van der Waals surface area contributed by atoms with Crippen molar-refractivity contribution in [1.82, 2.24) is 5.32 Å². The van der Waals surface area contributed by atoms with Crippen LogP contribution in [0.3, 0.4) is 0 Å². The topological polar surface area (TPSA) is 55.4 Å². The lowest BCUT2D eigenvalue weighted by Gasteiger charge is -2.19. The standard InChI is InChI=1S/C14H15F2NO3/c1-14(2,3)20-13(19)17-12(8-18)6-9-4-10(15)7-11(16)5-9/h4-8H,1-3H3,(H,17,19)/b12-6+. The van der Waals surface area contributed by atoms with Crippen LogP contribution in [0.5, 0.6) is 0 Å². The summed E-state index contributed by atoms with van der Waals surface area (Å²) in [7, 11) is 0. The molecule has 0 radical (unpaired) electrons. The van der Waals surface area contributed by atoms with Crippen molar-refractivity contribution in [3.63, 3.8) is 0 Å². The number of alkyl carbamates (subject to hydrolysis) is 1. The molecule has 1 N–H and O–H groups in total. The molecule has 0 unspecified atom stereocenters. The fraction of sp³-hybridized carbons (Fsp3) is 0.286. The molecule has 0 bridgehead atoms. The van der Waals surface area contributed by atoms with Gasteiger partial charge >= 0.3 is 6.09 Å². The van der Waals surface area contributed by atoms with Crippen LogP contribution in [0.2, 0.25) is 0 Å². The third kappa shape index (κ3) is 5.60. The first kappa shape index (κ1) is 15.8. The van der Waals surface area contributed by atoms with Gasteiger partial charge in [0.2, 0.25) is 0 Å². The van der Waals surface area contributed by atoms with E-state index < -0.39 is 23.3 Å². The number of carbonyl (C=O) groups excluding carboxylic acids is 2. The van der Waals surface area contributed by atoms with Gasteiger partial charge in [-0.25, -0.2) is 13.6 Å². The molecule has 0 saturated heterocycles. The average molecular weight is 283 g/mol. The van der Waals surface area contributed by atoms with E-state index >= 15 is 0 Å². The van der Waals surface area contributed by atoms with Crippen LogP contribution in [0, 0.1) is 11.6 Å². The van der Waals surface area contributed by atoms with Gasteiger partial charge in [-0.3, -0.25) is 10.1 Å². The Kier molecular flexibility index (Phi) is 4.96. The Labute approximate surface area is 115 Å². The highest BCUT2D eigenvalue weighted by Gasteiger charge is 2.16. The predicted octanol–water partition coefficient (Wildman–Crippen LogP) is 3.03. The molecule has 1 amide bonds. The third-order valence-electron chi connectivity index (χ3n) is 1.98. The Bertz CT molecular complexity index is 528. The third-order valence-corrected chi connectivity index (χ3v) is 1.98. The van der Waals surface area contributed by atoms with E-state index in [-0.39, 0.29) is 11.3 Å². The summed E-state index contributed by atoms with van der Waals surface area (Å²) in [5, 5.41) is 2.20. The Morgan fingerprint density at radius 2 is 1.75 bits per heavy atom. The first-order valence-corrected chi connectivity index (χ1v) is 5.82. The molecule has 0 spiro atoms. The average Bonchev–Trinajstić information content (AvgIpc) is 2.23. The minimum atomic E-state index is -0.826. The monoisotopic (exact) mass is 283 g/mol. The van der Waals surface area contributed by atoms with E-state index in [1.54, 1.807) is 20.8 Å². The molecule has 1 rings (SSSR count). The van der Waals surface area contributed by atoms with E-state index in [0.717, 1.165) is 18.2 Å². The highest BCUT2D eigenvalue weighted by molar-refractivity contribution is 5.87. The molecule has 0 fully saturated rings. The zero-order valence-electron chi connectivity index (χ0n) is 11.4. The number of nitrogens with one attached hydrogen (secondary N) is 1. The maximum absolute atomic E-state index is 13.0. The number of benzene rings is 1. The van der Waals surface area contributed by atoms with E-state index in [2.05, 4.69) is 5.32 Å². The Hall–Kier alpha value is -2.24. The Morgan fingerprint density at radius 1 is 1.20 bits per heavy atom. The number of aldehydes is 1. The molecule has 0 heterocycles. The highest BCUT2D eigenvalue weighted by atomic mass is 19.1. The molecule has 0 aliphatic heterocycles. The summed E-state index contributed by atoms with van der Waals surface area (Å²) < 4.78 is 31.0. The lowest BCUT2D eigenvalue weighted by Crippen LogP contribution is -2.32. The number of ether oxygens (including phenoxy) is 1. The van der Waals surface area contributed by atoms with Crippen LogP contribution in [0.4, 0.5) is 13.6 Å². The largest absolute Gasteiger partial charge is 0.444 e. The quantitative estimate of drug-likeness (QED) is 0.685. The van der Waals surface area contributed by atoms with Crippen molar-refractivity contribution in [2.24, 2.45) is 0 Å². The minimum absolute atomic E-state index is 0.112. The van der Waals surface area contributed by atoms with Crippen LogP contribution in [0.1, 0.15) is 26.3 Å². The van der Waals surface area contributed by atoms with E-state index in [4.69, 9.17) is 4.74 Å². The van der Waals surface area contributed by atoms with Crippen molar-refractivity contribution in [1.29, 1.82) is 0 Å². The fourth-order valence-corrected chi connectivity index (χ4v) is 1.36. The van der Waals surface area contributed by atoms with E-state index in [1.165, 1.54) is 0 Å². The van der Waals surface area contributed by atoms with Crippen LogP contribution in [-0.4, -0.2) is 18.0 Å². The molecule has 4 nitrogen and oxygen atoms in total. The van der Waals surface area contributed by atoms with Gasteiger partial charge in [0, 0.05) is 6.07 Å². The van der Waals surface area contributed by atoms with Crippen molar-refractivity contribution < 1.29 is 23.1 Å². The van der Waals surface area contributed by atoms with Crippen LogP contribution < -0.4 is 5.32 Å². The second-order valence-electron chi connectivity index (χ2n) is 5.05. The molecule has 0 aromatic heterocycles. The molecule has 20 heavy (non-hydrogen) atoms. The Morgan fingerprint density at radius 3 is 2.20 bits per heavy atom. The van der Waals surface area contributed by atoms with E-state index in [9.17, 15) is 18.4 Å². The molecule has 0 aliphatic rings. The molecule has 0 aliphatic carbocycles. The van der Waals surface area contributed by atoms with Gasteiger partial charge in [-0.1, -0.05) is 0 Å². The number of hydrogen-bond donors (Lipinski definition) is 1. The Balaban J connectivity index is 2.87. The molecule has 1 aromatic carbocycles. The van der Waals surface area contributed by atoms with Gasteiger partial charge in [-0.2, -0.15) is 0 Å². The van der Waals surface area contributed by atoms with Crippen molar-refractivity contribution in [3.05, 3.63) is 41.1 Å². The smallest absolute Gasteiger partial charge is 0.412 e. The second kappa shape index (κ2) is 6.27. The maximum Gasteiger partial charge on any atom is 0.412 e. The van der Waals surface area contributed by atoms with Gasteiger partial charge in [-0.05, 0) is 44.5 Å². The molecular formula is C14H15F2NO3. The van der Waals surface area contributed by atoms with Gasteiger partial charge < -0.3 is 4.74 Å². The number of halogens is 2. The summed E-state index contributed by atoms with van der Waals surface area (Å²) in [6.07, 6.45) is 0.670. The van der Waals surface area contributed by atoms with Gasteiger partial charge in [-0.15, -0.1) is 0 Å². The van der Waals surface area contributed by atoms with Gasteiger partial charge in [0.1, 0.15) is 17.2 Å². The summed E-state index contributed by atoms with van der Waals surface area (Å²) in [6.45, 7) is 5.00. The van der Waals surface area contributed by atoms with Gasteiger partial charge in [0.15, 0.2) is 6.29 Å². The number of hydrogen-bond acceptors (Lipinski definition) is 3. The fourth-order valence-electron chi connectivity index (χ4n) is 1.36. The van der Waals surface area contributed by atoms with Crippen LogP contribution in [0.25, 0.3) is 6.08 Å². The first-order valence-electron chi connectivity index (χ1n) is 5.82. The molecule has 108 valence electrons. The molecule has 0 saturated carbocycles. The summed E-state index contributed by atoms with van der Waals surface area (Å²) in [5.74, 6) is -1.56. The number of rotatable bonds is 3. The summed E-state index contributed by atoms with van der Waals surface area (Å²) in [6, 6.07) is 2.77. The minimum Gasteiger partial charge on any atom is -0.444 e. The maximum atomic E-state index is 13.0. The number of amides is 1. The summed E-state index contributed by atoms with van der Waals surface area (Å²) in [4.78, 5) is 22.3. The lowest BCUT2D eigenvalue weighted by molar-refractivity contribution is -0.105. The van der Waals surface area contributed by atoms with Crippen LogP contribution in [0.15, 0.2) is 23.9 Å². The van der Waals surface area contributed by atoms with E-state index in [0.29, 0.717) is 12.4 Å². The second-order valence-corrected chi connectivity index (χ2v) is 5.05. The van der Waals surface area contributed by atoms with Crippen LogP contribution >= 0.6 is 0 Å². The molecular weight excluding hydrogens is 268 g/mol. The lowest BCUT2D eigenvalue weighted by atomic mass is 10.2. The normalized spacial score (nSPS) is 11.9. The highest BCUT2D eigenvalue weighted by Crippen LogP contribution is 2.11. The predicted molar refractivity (Wildman–Crippen MR) is 69.8 cm³/mol. The summed E-state index contributed by atoms with van der Waals surface area (Å²) in [5.41, 5.74) is -0.770. The van der Waals surface area contributed by atoms with Crippen molar-refractivity contribution in [2.45, 2.75) is 26.4 Å². The van der Waals surface area contributed by atoms with Crippen molar-refractivity contribution in [3.8, 4) is 0 Å². The van der Waals surface area contributed by atoms with E-state index in [1.807, 2.05) is 0 Å². The van der Waals surface area contributed by atoms with Crippen LogP contribution in [-0.2, 0) is 9.53 Å².